The molecule has 0 bridgehead atoms. The maximum atomic E-state index is 6.05. The average Bonchev–Trinajstić information content (AvgIpc) is 2.56. The highest BCUT2D eigenvalue weighted by Gasteiger charge is 2.16. The van der Waals surface area contributed by atoms with Crippen molar-refractivity contribution in [1.82, 2.24) is 4.90 Å². The molecule has 1 aromatic rings. The maximum Gasteiger partial charge on any atom is 0.0973 e. The first-order valence-electron chi connectivity index (χ1n) is 4.95. The van der Waals surface area contributed by atoms with Crippen LogP contribution in [0, 0.1) is 0 Å². The molecule has 14 heavy (non-hydrogen) atoms. The van der Waals surface area contributed by atoms with Crippen LogP contribution in [-0.4, -0.2) is 24.0 Å². The summed E-state index contributed by atoms with van der Waals surface area (Å²) in [6, 6.07) is 2.52. The minimum atomic E-state index is 0.407. The summed E-state index contributed by atoms with van der Waals surface area (Å²) in [5, 5.41) is 2.05. The standard InChI is InChI=1S/C10H15ClN2S/c11-10-8(3-6-14-10)7-13-4-1-9(12)2-5-13/h3,6,9H,1-2,4-5,7,12H2. The Morgan fingerprint density at radius 2 is 2.21 bits per heavy atom. The number of piperidine rings is 1. The summed E-state index contributed by atoms with van der Waals surface area (Å²) in [6.07, 6.45) is 2.23. The van der Waals surface area contributed by atoms with Gasteiger partial charge in [-0.05, 0) is 42.9 Å². The van der Waals surface area contributed by atoms with Gasteiger partial charge >= 0.3 is 0 Å². The van der Waals surface area contributed by atoms with E-state index in [2.05, 4.69) is 11.0 Å². The summed E-state index contributed by atoms with van der Waals surface area (Å²) in [5.74, 6) is 0. The van der Waals surface area contributed by atoms with Gasteiger partial charge in [-0.2, -0.15) is 0 Å². The van der Waals surface area contributed by atoms with E-state index in [0.29, 0.717) is 6.04 Å². The van der Waals surface area contributed by atoms with Crippen molar-refractivity contribution in [3.63, 3.8) is 0 Å². The molecule has 0 spiro atoms. The van der Waals surface area contributed by atoms with Crippen molar-refractivity contribution in [2.24, 2.45) is 5.73 Å². The van der Waals surface area contributed by atoms with Gasteiger partial charge in [0.05, 0.1) is 4.34 Å². The highest BCUT2D eigenvalue weighted by Crippen LogP contribution is 2.24. The van der Waals surface area contributed by atoms with Crippen molar-refractivity contribution in [3.05, 3.63) is 21.3 Å². The zero-order chi connectivity index (χ0) is 9.97. The summed E-state index contributed by atoms with van der Waals surface area (Å²) >= 11 is 7.66. The fourth-order valence-corrected chi connectivity index (χ4v) is 2.70. The number of nitrogens with two attached hydrogens (primary N) is 1. The molecular weight excluding hydrogens is 216 g/mol. The molecule has 1 aliphatic rings. The van der Waals surface area contributed by atoms with Crippen LogP contribution >= 0.6 is 22.9 Å². The lowest BCUT2D eigenvalue weighted by Gasteiger charge is -2.29. The second kappa shape index (κ2) is 4.62. The SMILES string of the molecule is NC1CCN(Cc2ccsc2Cl)CC1. The van der Waals surface area contributed by atoms with Gasteiger partial charge in [0.25, 0.3) is 0 Å². The molecule has 1 fully saturated rings. The van der Waals surface area contributed by atoms with Gasteiger partial charge in [0.1, 0.15) is 0 Å². The minimum absolute atomic E-state index is 0.407. The van der Waals surface area contributed by atoms with Crippen LogP contribution in [0.25, 0.3) is 0 Å². The molecule has 0 amide bonds. The maximum absolute atomic E-state index is 6.05. The predicted octanol–water partition coefficient (Wildman–Crippen LogP) is 2.32. The lowest BCUT2D eigenvalue weighted by Crippen LogP contribution is -2.39. The van der Waals surface area contributed by atoms with Gasteiger partial charge < -0.3 is 5.73 Å². The number of rotatable bonds is 2. The molecule has 2 rings (SSSR count). The van der Waals surface area contributed by atoms with Crippen LogP contribution in [0.15, 0.2) is 11.4 Å². The Morgan fingerprint density at radius 1 is 1.50 bits per heavy atom. The molecule has 1 saturated heterocycles. The van der Waals surface area contributed by atoms with Crippen molar-refractivity contribution < 1.29 is 0 Å². The molecule has 1 aromatic heterocycles. The van der Waals surface area contributed by atoms with Gasteiger partial charge in [-0.3, -0.25) is 4.90 Å². The molecule has 0 aromatic carbocycles. The summed E-state index contributed by atoms with van der Waals surface area (Å²) in [5.41, 5.74) is 7.11. The van der Waals surface area contributed by atoms with E-state index in [9.17, 15) is 0 Å². The molecule has 2 N–H and O–H groups in total. The average molecular weight is 231 g/mol. The molecule has 2 heterocycles. The number of nitrogens with zero attached hydrogens (tertiary/aromatic N) is 1. The molecule has 0 saturated carbocycles. The largest absolute Gasteiger partial charge is 0.328 e. The Labute approximate surface area is 93.7 Å². The van der Waals surface area contributed by atoms with E-state index in [-0.39, 0.29) is 0 Å². The van der Waals surface area contributed by atoms with Crippen LogP contribution in [0.1, 0.15) is 18.4 Å². The summed E-state index contributed by atoms with van der Waals surface area (Å²) in [4.78, 5) is 2.43. The number of halogens is 1. The normalized spacial score (nSPS) is 20.1. The van der Waals surface area contributed by atoms with E-state index in [1.807, 2.05) is 5.38 Å². The quantitative estimate of drug-likeness (QED) is 0.845. The summed E-state index contributed by atoms with van der Waals surface area (Å²) in [7, 11) is 0. The lowest BCUT2D eigenvalue weighted by molar-refractivity contribution is 0.206. The zero-order valence-corrected chi connectivity index (χ0v) is 9.65. The fraction of sp³-hybridized carbons (Fsp3) is 0.600. The van der Waals surface area contributed by atoms with Crippen LogP contribution in [0.5, 0.6) is 0 Å². The Hall–Kier alpha value is -0.0900. The number of likely N-dealkylation sites (tertiary alicyclic amines) is 1. The van der Waals surface area contributed by atoms with Crippen LogP contribution < -0.4 is 5.73 Å². The first-order chi connectivity index (χ1) is 6.75. The first kappa shape index (κ1) is 10.4. The molecule has 2 nitrogen and oxygen atoms in total. The fourth-order valence-electron chi connectivity index (χ4n) is 1.78. The molecule has 0 aliphatic carbocycles. The summed E-state index contributed by atoms with van der Waals surface area (Å²) in [6.45, 7) is 3.19. The molecule has 0 unspecified atom stereocenters. The van der Waals surface area contributed by atoms with E-state index in [1.54, 1.807) is 11.3 Å². The monoisotopic (exact) mass is 230 g/mol. The van der Waals surface area contributed by atoms with Gasteiger partial charge in [0.15, 0.2) is 0 Å². The van der Waals surface area contributed by atoms with Crippen molar-refractivity contribution in [2.45, 2.75) is 25.4 Å². The third-order valence-corrected chi connectivity index (χ3v) is 3.97. The van der Waals surface area contributed by atoms with Crippen molar-refractivity contribution >= 4 is 22.9 Å². The van der Waals surface area contributed by atoms with Gasteiger partial charge in [0.2, 0.25) is 0 Å². The highest BCUT2D eigenvalue weighted by molar-refractivity contribution is 7.14. The third-order valence-electron chi connectivity index (χ3n) is 2.72. The molecule has 4 heteroatoms. The number of hydrogen-bond acceptors (Lipinski definition) is 3. The molecule has 0 atom stereocenters. The van der Waals surface area contributed by atoms with E-state index >= 15 is 0 Å². The second-order valence-electron chi connectivity index (χ2n) is 3.83. The van der Waals surface area contributed by atoms with Gasteiger partial charge in [0, 0.05) is 12.6 Å². The van der Waals surface area contributed by atoms with Crippen LogP contribution in [0.4, 0.5) is 0 Å². The lowest BCUT2D eigenvalue weighted by atomic mass is 10.1. The Bertz CT molecular complexity index is 292. The Morgan fingerprint density at radius 3 is 2.79 bits per heavy atom. The number of thiophene rings is 1. The second-order valence-corrected chi connectivity index (χ2v) is 5.35. The van der Waals surface area contributed by atoms with Crippen LogP contribution in [0.3, 0.4) is 0 Å². The topological polar surface area (TPSA) is 29.3 Å². The van der Waals surface area contributed by atoms with Crippen LogP contribution in [0.2, 0.25) is 4.34 Å². The van der Waals surface area contributed by atoms with Gasteiger partial charge in [-0.25, -0.2) is 0 Å². The molecule has 1 aliphatic heterocycles. The smallest absolute Gasteiger partial charge is 0.0973 e. The minimum Gasteiger partial charge on any atom is -0.328 e. The van der Waals surface area contributed by atoms with E-state index < -0.39 is 0 Å². The zero-order valence-electron chi connectivity index (χ0n) is 8.08. The van der Waals surface area contributed by atoms with Gasteiger partial charge in [-0.15, -0.1) is 11.3 Å². The number of hydrogen-bond donors (Lipinski definition) is 1. The van der Waals surface area contributed by atoms with E-state index in [1.165, 1.54) is 5.56 Å². The van der Waals surface area contributed by atoms with Crippen molar-refractivity contribution in [3.8, 4) is 0 Å². The predicted molar refractivity (Wildman–Crippen MR) is 61.8 cm³/mol. The van der Waals surface area contributed by atoms with Crippen LogP contribution in [-0.2, 0) is 6.54 Å². The summed E-state index contributed by atoms with van der Waals surface area (Å²) < 4.78 is 0.930. The third kappa shape index (κ3) is 2.48. The highest BCUT2D eigenvalue weighted by atomic mass is 35.5. The molecule has 78 valence electrons. The Balaban J connectivity index is 1.89. The van der Waals surface area contributed by atoms with E-state index in [0.717, 1.165) is 36.8 Å². The molecular formula is C10H15ClN2S. The van der Waals surface area contributed by atoms with E-state index in [4.69, 9.17) is 17.3 Å². The van der Waals surface area contributed by atoms with Crippen molar-refractivity contribution in [1.29, 1.82) is 0 Å². The van der Waals surface area contributed by atoms with Crippen molar-refractivity contribution in [2.75, 3.05) is 13.1 Å². The first-order valence-corrected chi connectivity index (χ1v) is 6.21. The molecule has 0 radical (unpaired) electrons. The van der Waals surface area contributed by atoms with Gasteiger partial charge in [-0.1, -0.05) is 11.6 Å². The Kier molecular flexibility index (Phi) is 3.44.